The summed E-state index contributed by atoms with van der Waals surface area (Å²) >= 11 is 0. The molecule has 15 atom stereocenters. The third-order valence-corrected chi connectivity index (χ3v) is 6.06. The standard InChI is InChI=1S/C18H32O15/c1-4-7(21)14(32-17-12(26)10(24)8(22)5(2-19)30-17)15(16(28)29-4)33-18-13(27)11(25)9(23)6(3-20)31-18/h4-28H,2-3H2,1H3/t4-,5+,6+,7-,8+,9+,10-,11-,12-,13-,14+,15+,16+,17+,18+/m0/s1. The van der Waals surface area contributed by atoms with E-state index < -0.39 is 105 Å². The molecule has 0 aromatic heterocycles. The SMILES string of the molecule is C[C@@H]1O[C@@H](O)[C@H](O[C@H]2O[C@H](CO)[C@@H](O)[C@H](O)[C@@H]2O)[C@H](O[C@H]2O[C@H](CO)[C@@H](O)[C@H](O)[C@@H]2O)[C@H]1O. The molecular formula is C18H32O15. The fourth-order valence-corrected chi connectivity index (χ4v) is 3.97. The number of rotatable bonds is 6. The smallest absolute Gasteiger partial charge is 0.187 e. The number of aliphatic hydroxyl groups is 10. The van der Waals surface area contributed by atoms with Gasteiger partial charge in [-0.25, -0.2) is 0 Å². The molecule has 15 heteroatoms. The molecule has 0 saturated carbocycles. The first-order chi connectivity index (χ1) is 15.5. The van der Waals surface area contributed by atoms with Crippen molar-refractivity contribution >= 4 is 0 Å². The Balaban J connectivity index is 1.80. The zero-order valence-electron chi connectivity index (χ0n) is 17.6. The first kappa shape index (κ1) is 27.0. The van der Waals surface area contributed by atoms with E-state index in [4.69, 9.17) is 23.7 Å². The van der Waals surface area contributed by atoms with Crippen LogP contribution in [0.25, 0.3) is 0 Å². The average Bonchev–Trinajstić information content (AvgIpc) is 2.79. The van der Waals surface area contributed by atoms with Gasteiger partial charge in [-0.2, -0.15) is 0 Å². The highest BCUT2D eigenvalue weighted by atomic mass is 16.8. The van der Waals surface area contributed by atoms with Crippen molar-refractivity contribution in [1.29, 1.82) is 0 Å². The number of hydrogen-bond donors (Lipinski definition) is 10. The van der Waals surface area contributed by atoms with Crippen LogP contribution < -0.4 is 0 Å². The largest absolute Gasteiger partial charge is 0.394 e. The molecule has 3 saturated heterocycles. The van der Waals surface area contributed by atoms with Crippen molar-refractivity contribution in [1.82, 2.24) is 0 Å². The molecule has 3 fully saturated rings. The van der Waals surface area contributed by atoms with Gasteiger partial charge in [0.1, 0.15) is 67.1 Å². The van der Waals surface area contributed by atoms with Crippen LogP contribution in [-0.4, -0.2) is 156 Å². The molecule has 3 aliphatic heterocycles. The molecule has 0 amide bonds. The summed E-state index contributed by atoms with van der Waals surface area (Å²) in [4.78, 5) is 0. The summed E-state index contributed by atoms with van der Waals surface area (Å²) in [7, 11) is 0. The van der Waals surface area contributed by atoms with Gasteiger partial charge in [-0.1, -0.05) is 0 Å². The second-order valence-corrected chi connectivity index (χ2v) is 8.32. The minimum atomic E-state index is -1.83. The second-order valence-electron chi connectivity index (χ2n) is 8.32. The molecule has 0 aromatic carbocycles. The van der Waals surface area contributed by atoms with E-state index in [0.717, 1.165) is 0 Å². The molecule has 3 rings (SSSR count). The third-order valence-electron chi connectivity index (χ3n) is 6.06. The van der Waals surface area contributed by atoms with Crippen LogP contribution in [0.2, 0.25) is 0 Å². The number of aliphatic hydroxyl groups excluding tert-OH is 10. The molecule has 0 bridgehead atoms. The topological polar surface area (TPSA) is 248 Å². The Bertz CT molecular complexity index is 622. The molecule has 3 heterocycles. The molecule has 194 valence electrons. The molecule has 0 radical (unpaired) electrons. The summed E-state index contributed by atoms with van der Waals surface area (Å²) in [6.45, 7) is -0.0778. The summed E-state index contributed by atoms with van der Waals surface area (Å²) in [6, 6.07) is 0. The zero-order valence-corrected chi connectivity index (χ0v) is 17.6. The lowest BCUT2D eigenvalue weighted by Crippen LogP contribution is -2.66. The summed E-state index contributed by atoms with van der Waals surface area (Å²) in [6.07, 6.45) is -24.1. The predicted octanol–water partition coefficient (Wildman–Crippen LogP) is -6.55. The molecule has 3 aliphatic rings. The molecule has 33 heavy (non-hydrogen) atoms. The van der Waals surface area contributed by atoms with Gasteiger partial charge < -0.3 is 74.7 Å². The Morgan fingerprint density at radius 1 is 0.545 bits per heavy atom. The second kappa shape index (κ2) is 11.0. The maximum atomic E-state index is 10.6. The molecular weight excluding hydrogens is 456 g/mol. The fourth-order valence-electron chi connectivity index (χ4n) is 3.97. The average molecular weight is 488 g/mol. The molecule has 0 unspecified atom stereocenters. The van der Waals surface area contributed by atoms with Crippen molar-refractivity contribution < 1.29 is 74.7 Å². The van der Waals surface area contributed by atoms with E-state index in [1.54, 1.807) is 0 Å². The Hall–Kier alpha value is -0.600. The quantitative estimate of drug-likeness (QED) is 0.167. The normalized spacial score (nSPS) is 53.7. The lowest BCUT2D eigenvalue weighted by atomic mass is 9.96. The Morgan fingerprint density at radius 3 is 1.39 bits per heavy atom. The van der Waals surface area contributed by atoms with Gasteiger partial charge in [-0.05, 0) is 6.92 Å². The Labute approximate surface area is 187 Å². The van der Waals surface area contributed by atoms with Crippen molar-refractivity contribution in [2.45, 2.75) is 99.0 Å². The highest BCUT2D eigenvalue weighted by molar-refractivity contribution is 4.95. The lowest BCUT2D eigenvalue weighted by Gasteiger charge is -2.48. The maximum Gasteiger partial charge on any atom is 0.187 e. The summed E-state index contributed by atoms with van der Waals surface area (Å²) in [5, 5.41) is 99.9. The van der Waals surface area contributed by atoms with Crippen LogP contribution in [0, 0.1) is 0 Å². The molecule has 0 aliphatic carbocycles. The predicted molar refractivity (Wildman–Crippen MR) is 99.8 cm³/mol. The lowest BCUT2D eigenvalue weighted by molar-refractivity contribution is -0.385. The van der Waals surface area contributed by atoms with Gasteiger partial charge in [-0.3, -0.25) is 0 Å². The van der Waals surface area contributed by atoms with Gasteiger partial charge in [0.2, 0.25) is 0 Å². The van der Waals surface area contributed by atoms with E-state index in [0.29, 0.717) is 0 Å². The molecule has 0 aromatic rings. The van der Waals surface area contributed by atoms with Crippen molar-refractivity contribution in [3.63, 3.8) is 0 Å². The van der Waals surface area contributed by atoms with Crippen LogP contribution in [0.1, 0.15) is 6.92 Å². The van der Waals surface area contributed by atoms with Crippen molar-refractivity contribution in [2.75, 3.05) is 13.2 Å². The maximum absolute atomic E-state index is 10.6. The molecule has 15 nitrogen and oxygen atoms in total. The Kier molecular flexibility index (Phi) is 8.99. The van der Waals surface area contributed by atoms with E-state index in [-0.39, 0.29) is 0 Å². The van der Waals surface area contributed by atoms with Crippen molar-refractivity contribution in [2.24, 2.45) is 0 Å². The van der Waals surface area contributed by atoms with Gasteiger partial charge in [0, 0.05) is 0 Å². The van der Waals surface area contributed by atoms with Gasteiger partial charge in [0.15, 0.2) is 18.9 Å². The monoisotopic (exact) mass is 488 g/mol. The Morgan fingerprint density at radius 2 is 0.970 bits per heavy atom. The first-order valence-corrected chi connectivity index (χ1v) is 10.4. The minimum absolute atomic E-state index is 0.731. The summed E-state index contributed by atoms with van der Waals surface area (Å²) < 4.78 is 26.8. The zero-order chi connectivity index (χ0) is 24.6. The van der Waals surface area contributed by atoms with E-state index in [1.807, 2.05) is 0 Å². The van der Waals surface area contributed by atoms with E-state index in [9.17, 15) is 51.1 Å². The van der Waals surface area contributed by atoms with Gasteiger partial charge in [0.05, 0.1) is 19.3 Å². The fraction of sp³-hybridized carbons (Fsp3) is 1.00. The van der Waals surface area contributed by atoms with Crippen LogP contribution in [0.4, 0.5) is 0 Å². The van der Waals surface area contributed by atoms with Gasteiger partial charge >= 0.3 is 0 Å². The number of hydrogen-bond acceptors (Lipinski definition) is 15. The van der Waals surface area contributed by atoms with E-state index in [1.165, 1.54) is 6.92 Å². The highest BCUT2D eigenvalue weighted by Crippen LogP contribution is 2.32. The van der Waals surface area contributed by atoms with Crippen LogP contribution in [0.5, 0.6) is 0 Å². The van der Waals surface area contributed by atoms with Crippen molar-refractivity contribution in [3.05, 3.63) is 0 Å². The number of ether oxygens (including phenoxy) is 5. The molecule has 10 N–H and O–H groups in total. The van der Waals surface area contributed by atoms with E-state index >= 15 is 0 Å². The minimum Gasteiger partial charge on any atom is -0.394 e. The third kappa shape index (κ3) is 5.32. The van der Waals surface area contributed by atoms with Crippen molar-refractivity contribution in [3.8, 4) is 0 Å². The summed E-state index contributed by atoms with van der Waals surface area (Å²) in [5.74, 6) is 0. The highest BCUT2D eigenvalue weighted by Gasteiger charge is 2.53. The van der Waals surface area contributed by atoms with Gasteiger partial charge in [-0.15, -0.1) is 0 Å². The van der Waals surface area contributed by atoms with Crippen LogP contribution >= 0.6 is 0 Å². The van der Waals surface area contributed by atoms with E-state index in [2.05, 4.69) is 0 Å². The van der Waals surface area contributed by atoms with Crippen LogP contribution in [0.3, 0.4) is 0 Å². The van der Waals surface area contributed by atoms with Crippen LogP contribution in [-0.2, 0) is 23.7 Å². The first-order valence-electron chi connectivity index (χ1n) is 10.4. The molecule has 0 spiro atoms. The summed E-state index contributed by atoms with van der Waals surface area (Å²) in [5.41, 5.74) is 0. The van der Waals surface area contributed by atoms with Gasteiger partial charge in [0.25, 0.3) is 0 Å². The van der Waals surface area contributed by atoms with Crippen LogP contribution in [0.15, 0.2) is 0 Å².